The van der Waals surface area contributed by atoms with Crippen LogP contribution in [-0.2, 0) is 6.54 Å². The van der Waals surface area contributed by atoms with E-state index in [9.17, 15) is 9.59 Å². The van der Waals surface area contributed by atoms with Crippen LogP contribution in [0.5, 0.6) is 0 Å². The summed E-state index contributed by atoms with van der Waals surface area (Å²) >= 11 is 3.31. The van der Waals surface area contributed by atoms with E-state index < -0.39 is 11.8 Å². The number of aromatic nitrogens is 1. The molecule has 1 heterocycles. The van der Waals surface area contributed by atoms with Crippen LogP contribution in [0.2, 0.25) is 0 Å². The number of rotatable bonds is 5. The van der Waals surface area contributed by atoms with Gasteiger partial charge in [0.05, 0.1) is 12.2 Å². The second-order valence-corrected chi connectivity index (χ2v) is 5.26. The van der Waals surface area contributed by atoms with E-state index >= 15 is 0 Å². The Morgan fingerprint density at radius 1 is 1.10 bits per heavy atom. The van der Waals surface area contributed by atoms with Gasteiger partial charge in [0.1, 0.15) is 0 Å². The first-order chi connectivity index (χ1) is 9.95. The molecule has 2 aromatic rings. The van der Waals surface area contributed by atoms with Crippen LogP contribution >= 0.6 is 15.9 Å². The molecule has 0 atom stereocenters. The molecule has 7 heteroatoms. The van der Waals surface area contributed by atoms with Gasteiger partial charge in [0.25, 0.3) is 0 Å². The number of carbonyl (C=O) groups is 2. The molecule has 0 spiro atoms. The number of halogens is 1. The number of hydrogen-bond acceptors (Lipinski definition) is 4. The van der Waals surface area contributed by atoms with Crippen molar-refractivity contribution in [2.75, 3.05) is 5.32 Å². The van der Waals surface area contributed by atoms with Crippen molar-refractivity contribution >= 4 is 33.4 Å². The smallest absolute Gasteiger partial charge is 0.248 e. The van der Waals surface area contributed by atoms with Crippen LogP contribution in [0.15, 0.2) is 41.0 Å². The molecule has 2 rings (SSSR count). The number of nitrogens with one attached hydrogen (secondary N) is 1. The highest BCUT2D eigenvalue weighted by molar-refractivity contribution is 9.10. The highest BCUT2D eigenvalue weighted by Crippen LogP contribution is 2.16. The first-order valence-electron chi connectivity index (χ1n) is 6.04. The molecule has 108 valence electrons. The Hall–Kier alpha value is -2.41. The van der Waals surface area contributed by atoms with Gasteiger partial charge in [-0.2, -0.15) is 0 Å². The zero-order valence-corrected chi connectivity index (χ0v) is 12.6. The summed E-state index contributed by atoms with van der Waals surface area (Å²) in [4.78, 5) is 26.7. The fourth-order valence-electron chi connectivity index (χ4n) is 1.72. The first-order valence-corrected chi connectivity index (χ1v) is 6.84. The molecule has 0 saturated carbocycles. The van der Waals surface area contributed by atoms with Crippen molar-refractivity contribution in [1.82, 2.24) is 4.98 Å². The molecule has 0 saturated heterocycles. The highest BCUT2D eigenvalue weighted by atomic mass is 79.9. The maximum Gasteiger partial charge on any atom is 0.248 e. The van der Waals surface area contributed by atoms with E-state index in [1.807, 2.05) is 12.1 Å². The standard InChI is InChI=1S/C14H13BrN4O2/c15-10-1-2-11(18-6-10)7-19-12-4-8(13(16)20)3-9(5-12)14(17)21/h1-6,19H,7H2,(H2,16,20)(H2,17,21). The Morgan fingerprint density at radius 2 is 1.71 bits per heavy atom. The van der Waals surface area contributed by atoms with Crippen molar-refractivity contribution in [3.63, 3.8) is 0 Å². The van der Waals surface area contributed by atoms with E-state index in [0.717, 1.165) is 10.2 Å². The van der Waals surface area contributed by atoms with Gasteiger partial charge in [-0.3, -0.25) is 14.6 Å². The van der Waals surface area contributed by atoms with E-state index in [1.165, 1.54) is 6.07 Å². The van der Waals surface area contributed by atoms with Crippen LogP contribution in [0.4, 0.5) is 5.69 Å². The second kappa shape index (κ2) is 6.36. The number of carbonyl (C=O) groups excluding carboxylic acids is 2. The van der Waals surface area contributed by atoms with Crippen LogP contribution < -0.4 is 16.8 Å². The number of hydrogen-bond donors (Lipinski definition) is 3. The van der Waals surface area contributed by atoms with Crippen LogP contribution in [0.25, 0.3) is 0 Å². The molecular formula is C14H13BrN4O2. The third-order valence-electron chi connectivity index (χ3n) is 2.76. The van der Waals surface area contributed by atoms with Gasteiger partial charge in [0.15, 0.2) is 0 Å². The Kier molecular flexibility index (Phi) is 4.54. The lowest BCUT2D eigenvalue weighted by Crippen LogP contribution is -2.16. The summed E-state index contributed by atoms with van der Waals surface area (Å²) in [6.45, 7) is 0.438. The number of pyridine rings is 1. The van der Waals surface area contributed by atoms with Crippen LogP contribution in [0, 0.1) is 0 Å². The summed E-state index contributed by atoms with van der Waals surface area (Å²) in [7, 11) is 0. The molecule has 5 N–H and O–H groups in total. The topological polar surface area (TPSA) is 111 Å². The molecule has 21 heavy (non-hydrogen) atoms. The molecule has 0 unspecified atom stereocenters. The van der Waals surface area contributed by atoms with Gasteiger partial charge in [0.2, 0.25) is 11.8 Å². The van der Waals surface area contributed by atoms with Gasteiger partial charge >= 0.3 is 0 Å². The van der Waals surface area contributed by atoms with Crippen molar-refractivity contribution < 1.29 is 9.59 Å². The van der Waals surface area contributed by atoms with Crippen molar-refractivity contribution in [1.29, 1.82) is 0 Å². The lowest BCUT2D eigenvalue weighted by Gasteiger charge is -2.09. The van der Waals surface area contributed by atoms with E-state index in [-0.39, 0.29) is 11.1 Å². The fourth-order valence-corrected chi connectivity index (χ4v) is 1.95. The van der Waals surface area contributed by atoms with E-state index in [0.29, 0.717) is 12.2 Å². The van der Waals surface area contributed by atoms with Gasteiger partial charge in [-0.05, 0) is 46.3 Å². The minimum Gasteiger partial charge on any atom is -0.379 e. The summed E-state index contributed by atoms with van der Waals surface area (Å²) in [6.07, 6.45) is 1.69. The Bertz CT molecular complexity index is 654. The van der Waals surface area contributed by atoms with E-state index in [2.05, 4.69) is 26.2 Å². The minimum atomic E-state index is -0.622. The van der Waals surface area contributed by atoms with Crippen molar-refractivity contribution in [3.8, 4) is 0 Å². The molecule has 0 aliphatic rings. The van der Waals surface area contributed by atoms with Crippen LogP contribution in [-0.4, -0.2) is 16.8 Å². The SMILES string of the molecule is NC(=O)c1cc(NCc2ccc(Br)cn2)cc(C(N)=O)c1. The molecule has 0 fully saturated rings. The van der Waals surface area contributed by atoms with Gasteiger partial charge in [-0.25, -0.2) is 0 Å². The van der Waals surface area contributed by atoms with Gasteiger partial charge in [0, 0.05) is 27.5 Å². The number of anilines is 1. The minimum absolute atomic E-state index is 0.220. The summed E-state index contributed by atoms with van der Waals surface area (Å²) in [5, 5.41) is 3.08. The Balaban J connectivity index is 2.20. The monoisotopic (exact) mass is 348 g/mol. The zero-order valence-electron chi connectivity index (χ0n) is 11.0. The maximum atomic E-state index is 11.3. The Morgan fingerprint density at radius 3 is 2.19 bits per heavy atom. The van der Waals surface area contributed by atoms with Crippen molar-refractivity contribution in [2.24, 2.45) is 11.5 Å². The average Bonchev–Trinajstić information content (AvgIpc) is 2.46. The molecule has 0 aliphatic heterocycles. The highest BCUT2D eigenvalue weighted by Gasteiger charge is 2.09. The zero-order chi connectivity index (χ0) is 15.4. The molecule has 1 aromatic heterocycles. The molecule has 1 aromatic carbocycles. The van der Waals surface area contributed by atoms with Crippen molar-refractivity contribution in [2.45, 2.75) is 6.54 Å². The molecule has 0 aliphatic carbocycles. The predicted octanol–water partition coefficient (Wildman–Crippen LogP) is 1.65. The lowest BCUT2D eigenvalue weighted by atomic mass is 10.1. The molecule has 0 radical (unpaired) electrons. The van der Waals surface area contributed by atoms with Gasteiger partial charge in [-0.15, -0.1) is 0 Å². The lowest BCUT2D eigenvalue weighted by molar-refractivity contribution is 0.0999. The molecule has 6 nitrogen and oxygen atoms in total. The predicted molar refractivity (Wildman–Crippen MR) is 82.7 cm³/mol. The normalized spacial score (nSPS) is 10.1. The number of nitrogens with two attached hydrogens (primary N) is 2. The third-order valence-corrected chi connectivity index (χ3v) is 3.23. The number of benzene rings is 1. The summed E-state index contributed by atoms with van der Waals surface area (Å²) in [6, 6.07) is 8.22. The largest absolute Gasteiger partial charge is 0.379 e. The fraction of sp³-hybridized carbons (Fsp3) is 0.0714. The van der Waals surface area contributed by atoms with E-state index in [4.69, 9.17) is 11.5 Å². The average molecular weight is 349 g/mol. The van der Waals surface area contributed by atoms with E-state index in [1.54, 1.807) is 18.3 Å². The summed E-state index contributed by atoms with van der Waals surface area (Å²) in [5.74, 6) is -1.24. The van der Waals surface area contributed by atoms with Gasteiger partial charge < -0.3 is 16.8 Å². The second-order valence-electron chi connectivity index (χ2n) is 4.35. The number of amides is 2. The Labute approximate surface area is 129 Å². The molecule has 2 amide bonds. The number of primary amides is 2. The summed E-state index contributed by atoms with van der Waals surface area (Å²) in [5.41, 5.74) is 12.3. The first kappa shape index (κ1) is 15.0. The van der Waals surface area contributed by atoms with Crippen molar-refractivity contribution in [3.05, 3.63) is 57.8 Å². The van der Waals surface area contributed by atoms with Gasteiger partial charge in [-0.1, -0.05) is 0 Å². The van der Waals surface area contributed by atoms with Crippen LogP contribution in [0.3, 0.4) is 0 Å². The number of nitrogens with zero attached hydrogens (tertiary/aromatic N) is 1. The molecule has 0 bridgehead atoms. The quantitative estimate of drug-likeness (QED) is 0.762. The molecular weight excluding hydrogens is 336 g/mol. The third kappa shape index (κ3) is 4.03. The van der Waals surface area contributed by atoms with Crippen LogP contribution in [0.1, 0.15) is 26.4 Å². The summed E-state index contributed by atoms with van der Waals surface area (Å²) < 4.78 is 0.887. The maximum absolute atomic E-state index is 11.3.